The van der Waals surface area contributed by atoms with Crippen molar-refractivity contribution in [3.05, 3.63) is 24.3 Å². The van der Waals surface area contributed by atoms with Crippen LogP contribution in [0.1, 0.15) is 39.0 Å². The Morgan fingerprint density at radius 1 is 1.15 bits per heavy atom. The van der Waals surface area contributed by atoms with Gasteiger partial charge in [-0.1, -0.05) is 19.3 Å². The zero-order valence-electron chi connectivity index (χ0n) is 12.1. The lowest BCUT2D eigenvalue weighted by Crippen LogP contribution is -2.35. The molecule has 0 radical (unpaired) electrons. The molecule has 1 aliphatic rings. The third-order valence-electron chi connectivity index (χ3n) is 4.12. The first-order valence-corrected chi connectivity index (χ1v) is 7.36. The summed E-state index contributed by atoms with van der Waals surface area (Å²) in [5.41, 5.74) is 1.87. The highest BCUT2D eigenvalue weighted by Gasteiger charge is 2.30. The van der Waals surface area contributed by atoms with Crippen molar-refractivity contribution in [1.82, 2.24) is 0 Å². The Bertz CT molecular complexity index is 436. The summed E-state index contributed by atoms with van der Waals surface area (Å²) < 4.78 is 0. The fraction of sp³-hybridized carbons (Fsp3) is 0.562. The molecule has 20 heavy (non-hydrogen) atoms. The van der Waals surface area contributed by atoms with Crippen LogP contribution in [0, 0.1) is 5.41 Å². The fourth-order valence-electron chi connectivity index (χ4n) is 2.86. The maximum absolute atomic E-state index is 11.0. The number of aliphatic hydroxyl groups excluding tert-OH is 1. The van der Waals surface area contributed by atoms with Crippen LogP contribution in [0.3, 0.4) is 0 Å². The molecular formula is C16H24N2O2. The van der Waals surface area contributed by atoms with Crippen molar-refractivity contribution in [3.8, 4) is 0 Å². The maximum Gasteiger partial charge on any atom is 0.221 e. The monoisotopic (exact) mass is 276 g/mol. The molecule has 4 nitrogen and oxygen atoms in total. The van der Waals surface area contributed by atoms with Gasteiger partial charge in [-0.25, -0.2) is 0 Å². The van der Waals surface area contributed by atoms with E-state index in [1.165, 1.54) is 26.2 Å². The second-order valence-corrected chi connectivity index (χ2v) is 5.83. The number of benzene rings is 1. The van der Waals surface area contributed by atoms with E-state index in [0.717, 1.165) is 30.8 Å². The van der Waals surface area contributed by atoms with Gasteiger partial charge < -0.3 is 15.7 Å². The summed E-state index contributed by atoms with van der Waals surface area (Å²) >= 11 is 0. The van der Waals surface area contributed by atoms with Gasteiger partial charge in [-0.2, -0.15) is 0 Å². The largest absolute Gasteiger partial charge is 0.396 e. The van der Waals surface area contributed by atoms with Crippen LogP contribution in [0.15, 0.2) is 24.3 Å². The third kappa shape index (κ3) is 3.97. The van der Waals surface area contributed by atoms with Crippen molar-refractivity contribution in [1.29, 1.82) is 0 Å². The Labute approximate surface area is 120 Å². The van der Waals surface area contributed by atoms with Crippen LogP contribution in [0.4, 0.5) is 11.4 Å². The Kier molecular flexibility index (Phi) is 5.01. The zero-order valence-corrected chi connectivity index (χ0v) is 12.1. The molecule has 0 spiro atoms. The molecule has 4 heteroatoms. The minimum absolute atomic E-state index is 0.0363. The number of amides is 1. The number of carbonyl (C=O) groups excluding carboxylic acids is 1. The van der Waals surface area contributed by atoms with E-state index in [1.54, 1.807) is 0 Å². The normalized spacial score (nSPS) is 17.5. The van der Waals surface area contributed by atoms with Crippen molar-refractivity contribution >= 4 is 17.3 Å². The number of hydrogen-bond acceptors (Lipinski definition) is 3. The first-order valence-electron chi connectivity index (χ1n) is 7.36. The molecule has 1 aromatic carbocycles. The third-order valence-corrected chi connectivity index (χ3v) is 4.12. The molecule has 0 saturated heterocycles. The molecule has 1 saturated carbocycles. The van der Waals surface area contributed by atoms with E-state index in [9.17, 15) is 9.90 Å². The fourth-order valence-corrected chi connectivity index (χ4v) is 2.86. The van der Waals surface area contributed by atoms with Crippen LogP contribution in [-0.4, -0.2) is 24.2 Å². The molecule has 0 aliphatic heterocycles. The van der Waals surface area contributed by atoms with E-state index in [-0.39, 0.29) is 17.9 Å². The summed E-state index contributed by atoms with van der Waals surface area (Å²) in [7, 11) is 0. The van der Waals surface area contributed by atoms with Gasteiger partial charge >= 0.3 is 0 Å². The van der Waals surface area contributed by atoms with Crippen LogP contribution in [0.5, 0.6) is 0 Å². The number of aliphatic hydroxyl groups is 1. The molecule has 0 unspecified atom stereocenters. The lowest BCUT2D eigenvalue weighted by atomic mass is 9.74. The highest BCUT2D eigenvalue weighted by atomic mass is 16.3. The van der Waals surface area contributed by atoms with E-state index >= 15 is 0 Å². The molecule has 0 atom stereocenters. The Morgan fingerprint density at radius 3 is 2.30 bits per heavy atom. The average molecular weight is 276 g/mol. The summed E-state index contributed by atoms with van der Waals surface area (Å²) in [6.07, 6.45) is 5.90. The molecular weight excluding hydrogens is 252 g/mol. The average Bonchev–Trinajstić information content (AvgIpc) is 2.47. The predicted octanol–water partition coefficient (Wildman–Crippen LogP) is 3.00. The van der Waals surface area contributed by atoms with Crippen molar-refractivity contribution in [2.75, 3.05) is 23.8 Å². The van der Waals surface area contributed by atoms with E-state index in [2.05, 4.69) is 10.6 Å². The molecule has 1 fully saturated rings. The molecule has 110 valence electrons. The lowest BCUT2D eigenvalue weighted by molar-refractivity contribution is -0.114. The van der Waals surface area contributed by atoms with Crippen molar-refractivity contribution in [2.45, 2.75) is 39.0 Å². The SMILES string of the molecule is CC(=O)Nc1ccc(NCC2(CO)CCCCC2)cc1. The van der Waals surface area contributed by atoms with Crippen LogP contribution >= 0.6 is 0 Å². The Balaban J connectivity index is 1.91. The Morgan fingerprint density at radius 2 is 1.75 bits per heavy atom. The summed E-state index contributed by atoms with van der Waals surface area (Å²) in [5.74, 6) is -0.0628. The molecule has 0 aromatic heterocycles. The van der Waals surface area contributed by atoms with Crippen LogP contribution < -0.4 is 10.6 Å². The van der Waals surface area contributed by atoms with Gasteiger partial charge in [0.15, 0.2) is 0 Å². The number of carbonyl (C=O) groups is 1. The summed E-state index contributed by atoms with van der Waals surface area (Å²) in [5, 5.41) is 15.8. The standard InChI is InChI=1S/C16H24N2O2/c1-13(20)18-15-7-5-14(6-8-15)17-11-16(12-19)9-3-2-4-10-16/h5-8,17,19H,2-4,9-12H2,1H3,(H,18,20). The quantitative estimate of drug-likeness (QED) is 0.774. The Hall–Kier alpha value is -1.55. The summed E-state index contributed by atoms with van der Waals surface area (Å²) in [4.78, 5) is 11.0. The minimum atomic E-state index is -0.0628. The first-order chi connectivity index (χ1) is 9.63. The smallest absolute Gasteiger partial charge is 0.221 e. The van der Waals surface area contributed by atoms with Gasteiger partial charge in [0.05, 0.1) is 6.61 Å². The van der Waals surface area contributed by atoms with E-state index in [4.69, 9.17) is 0 Å². The van der Waals surface area contributed by atoms with E-state index in [0.29, 0.717) is 0 Å². The first kappa shape index (κ1) is 14.9. The van der Waals surface area contributed by atoms with Crippen LogP contribution in [-0.2, 0) is 4.79 Å². The van der Waals surface area contributed by atoms with Gasteiger partial charge in [-0.3, -0.25) is 4.79 Å². The van der Waals surface area contributed by atoms with Crippen molar-refractivity contribution in [3.63, 3.8) is 0 Å². The molecule has 1 amide bonds. The predicted molar refractivity (Wildman–Crippen MR) is 81.8 cm³/mol. The molecule has 0 bridgehead atoms. The number of hydrogen-bond donors (Lipinski definition) is 3. The zero-order chi connectivity index (χ0) is 14.4. The summed E-state index contributed by atoms with van der Waals surface area (Å²) in [6.45, 7) is 2.56. The number of anilines is 2. The van der Waals surface area contributed by atoms with Gasteiger partial charge in [-0.05, 0) is 37.1 Å². The molecule has 0 heterocycles. The van der Waals surface area contributed by atoms with Crippen LogP contribution in [0.25, 0.3) is 0 Å². The molecule has 3 N–H and O–H groups in total. The summed E-state index contributed by atoms with van der Waals surface area (Å²) in [6, 6.07) is 7.69. The van der Waals surface area contributed by atoms with Gasteiger partial charge in [0, 0.05) is 30.3 Å². The van der Waals surface area contributed by atoms with Crippen LogP contribution in [0.2, 0.25) is 0 Å². The van der Waals surface area contributed by atoms with Crippen molar-refractivity contribution in [2.24, 2.45) is 5.41 Å². The van der Waals surface area contributed by atoms with Gasteiger partial charge in [0.2, 0.25) is 5.91 Å². The minimum Gasteiger partial charge on any atom is -0.396 e. The molecule has 2 rings (SSSR count). The topological polar surface area (TPSA) is 61.4 Å². The molecule has 1 aliphatic carbocycles. The lowest BCUT2D eigenvalue weighted by Gasteiger charge is -2.36. The van der Waals surface area contributed by atoms with E-state index < -0.39 is 0 Å². The highest BCUT2D eigenvalue weighted by Crippen LogP contribution is 2.36. The van der Waals surface area contributed by atoms with Crippen molar-refractivity contribution < 1.29 is 9.90 Å². The highest BCUT2D eigenvalue weighted by molar-refractivity contribution is 5.88. The second-order valence-electron chi connectivity index (χ2n) is 5.83. The second kappa shape index (κ2) is 6.75. The molecule has 1 aromatic rings. The maximum atomic E-state index is 11.0. The number of nitrogens with one attached hydrogen (secondary N) is 2. The van der Waals surface area contributed by atoms with Gasteiger partial charge in [0.25, 0.3) is 0 Å². The van der Waals surface area contributed by atoms with E-state index in [1.807, 2.05) is 24.3 Å². The van der Waals surface area contributed by atoms with Gasteiger partial charge in [-0.15, -0.1) is 0 Å². The van der Waals surface area contributed by atoms with Gasteiger partial charge in [0.1, 0.15) is 0 Å². The number of rotatable bonds is 5.